The number of carbonyl (C=O) groups excluding carboxylic acids is 1. The number of fused-ring (bicyclic) bond motifs is 1. The van der Waals surface area contributed by atoms with Crippen molar-refractivity contribution in [2.45, 2.75) is 32.1 Å². The Morgan fingerprint density at radius 2 is 2.02 bits per heavy atom. The Morgan fingerprint density at radius 1 is 1.22 bits per heavy atom. The second-order valence-corrected chi connectivity index (χ2v) is 9.70. The van der Waals surface area contributed by atoms with Gasteiger partial charge >= 0.3 is 6.18 Å². The van der Waals surface area contributed by atoms with E-state index in [1.165, 1.54) is 12.4 Å². The molecule has 5 rings (SSSR count). The van der Waals surface area contributed by atoms with Gasteiger partial charge in [-0.15, -0.1) is 0 Å². The van der Waals surface area contributed by atoms with E-state index >= 15 is 0 Å². The molecule has 1 aliphatic rings. The van der Waals surface area contributed by atoms with Crippen LogP contribution in [0.15, 0.2) is 35.1 Å². The number of nitrogen functional groups attached to an aromatic ring is 1. The van der Waals surface area contributed by atoms with Crippen LogP contribution in [0.2, 0.25) is 0 Å². The van der Waals surface area contributed by atoms with Gasteiger partial charge in [-0.25, -0.2) is 15.0 Å². The van der Waals surface area contributed by atoms with Gasteiger partial charge in [0.1, 0.15) is 23.5 Å². The summed E-state index contributed by atoms with van der Waals surface area (Å²) in [6.45, 7) is 7.05. The summed E-state index contributed by atoms with van der Waals surface area (Å²) in [5.74, 6) is 0.282. The molecule has 218 valence electrons. The van der Waals surface area contributed by atoms with Crippen molar-refractivity contribution < 1.29 is 27.2 Å². The SMILES string of the molecule is C[C@@H](NC(=O)c1ncnc(N)c1CNCCCN1CCOCC1)c1cc(-c2nc3ccc(C(F)(F)F)cc3[nH]2)no1. The fourth-order valence-electron chi connectivity index (χ4n) is 4.51. The number of nitrogens with two attached hydrogens (primary N) is 1. The van der Waals surface area contributed by atoms with Crippen LogP contribution in [0.25, 0.3) is 22.6 Å². The molecule has 0 radical (unpaired) electrons. The molecule has 1 amide bonds. The maximum atomic E-state index is 13.1. The summed E-state index contributed by atoms with van der Waals surface area (Å²) in [4.78, 5) is 30.8. The van der Waals surface area contributed by atoms with Gasteiger partial charge in [-0.1, -0.05) is 5.16 Å². The number of amides is 1. The molecule has 0 unspecified atom stereocenters. The molecular weight excluding hydrogens is 543 g/mol. The number of H-pyrrole nitrogens is 1. The average molecular weight is 574 g/mol. The zero-order valence-electron chi connectivity index (χ0n) is 22.3. The summed E-state index contributed by atoms with van der Waals surface area (Å²) in [5, 5.41) is 10.1. The molecular formula is C26H30F3N9O3. The van der Waals surface area contributed by atoms with E-state index < -0.39 is 23.7 Å². The number of halogens is 3. The first kappa shape index (κ1) is 28.4. The number of ether oxygens (including phenoxy) is 1. The van der Waals surface area contributed by atoms with Gasteiger partial charge in [-0.2, -0.15) is 13.2 Å². The molecule has 0 bridgehead atoms. The third kappa shape index (κ3) is 6.81. The van der Waals surface area contributed by atoms with Crippen LogP contribution in [0, 0.1) is 0 Å². The highest BCUT2D eigenvalue weighted by Crippen LogP contribution is 2.32. The van der Waals surface area contributed by atoms with Crippen LogP contribution in [0.5, 0.6) is 0 Å². The van der Waals surface area contributed by atoms with Crippen LogP contribution < -0.4 is 16.4 Å². The summed E-state index contributed by atoms with van der Waals surface area (Å²) in [7, 11) is 0. The predicted molar refractivity (Wildman–Crippen MR) is 143 cm³/mol. The lowest BCUT2D eigenvalue weighted by Gasteiger charge is -2.26. The molecule has 12 nitrogen and oxygen atoms in total. The molecule has 1 atom stereocenters. The minimum Gasteiger partial charge on any atom is -0.383 e. The number of aromatic amines is 1. The Hall–Kier alpha value is -4.08. The summed E-state index contributed by atoms with van der Waals surface area (Å²) < 4.78 is 49.9. The van der Waals surface area contributed by atoms with Gasteiger partial charge in [0.05, 0.1) is 35.9 Å². The number of morpholine rings is 1. The van der Waals surface area contributed by atoms with E-state index in [4.69, 9.17) is 15.0 Å². The largest absolute Gasteiger partial charge is 0.416 e. The lowest BCUT2D eigenvalue weighted by atomic mass is 10.1. The minimum absolute atomic E-state index is 0.141. The minimum atomic E-state index is -4.47. The van der Waals surface area contributed by atoms with E-state index in [0.29, 0.717) is 23.4 Å². The van der Waals surface area contributed by atoms with E-state index in [0.717, 1.165) is 57.9 Å². The molecule has 0 aliphatic carbocycles. The topological polar surface area (TPSA) is 160 Å². The van der Waals surface area contributed by atoms with Crippen LogP contribution >= 0.6 is 0 Å². The molecule has 4 heterocycles. The second kappa shape index (κ2) is 12.2. The molecule has 0 saturated carbocycles. The number of nitrogens with zero attached hydrogens (tertiary/aromatic N) is 5. The lowest BCUT2D eigenvalue weighted by Crippen LogP contribution is -2.37. The van der Waals surface area contributed by atoms with Gasteiger partial charge in [0.25, 0.3) is 5.91 Å². The predicted octanol–water partition coefficient (Wildman–Crippen LogP) is 2.91. The van der Waals surface area contributed by atoms with Gasteiger partial charge in [0.2, 0.25) is 0 Å². The van der Waals surface area contributed by atoms with E-state index in [2.05, 4.69) is 40.6 Å². The molecule has 5 N–H and O–H groups in total. The van der Waals surface area contributed by atoms with E-state index in [-0.39, 0.29) is 28.5 Å². The first-order valence-electron chi connectivity index (χ1n) is 13.1. The van der Waals surface area contributed by atoms with Gasteiger partial charge in [0, 0.05) is 31.3 Å². The molecule has 41 heavy (non-hydrogen) atoms. The number of aromatic nitrogens is 5. The summed E-state index contributed by atoms with van der Waals surface area (Å²) in [6, 6.07) is 4.17. The Bertz CT molecular complexity index is 1500. The highest BCUT2D eigenvalue weighted by atomic mass is 19.4. The summed E-state index contributed by atoms with van der Waals surface area (Å²) >= 11 is 0. The van der Waals surface area contributed by atoms with Crippen LogP contribution in [0.4, 0.5) is 19.0 Å². The number of anilines is 1. The smallest absolute Gasteiger partial charge is 0.383 e. The maximum absolute atomic E-state index is 13.1. The highest BCUT2D eigenvalue weighted by molar-refractivity contribution is 5.94. The maximum Gasteiger partial charge on any atom is 0.416 e. The Morgan fingerprint density at radius 3 is 2.80 bits per heavy atom. The number of hydrogen-bond donors (Lipinski definition) is 4. The lowest BCUT2D eigenvalue weighted by molar-refractivity contribution is -0.137. The van der Waals surface area contributed by atoms with Crippen molar-refractivity contribution >= 4 is 22.8 Å². The van der Waals surface area contributed by atoms with E-state index in [1.807, 2.05) is 0 Å². The normalized spacial score (nSPS) is 15.3. The zero-order valence-corrected chi connectivity index (χ0v) is 22.3. The van der Waals surface area contributed by atoms with E-state index in [1.54, 1.807) is 13.0 Å². The number of imidazole rings is 1. The van der Waals surface area contributed by atoms with Crippen LogP contribution in [0.1, 0.15) is 46.8 Å². The third-order valence-corrected chi connectivity index (χ3v) is 6.78. The van der Waals surface area contributed by atoms with Crippen molar-refractivity contribution in [3.8, 4) is 11.5 Å². The number of nitrogens with one attached hydrogen (secondary N) is 3. The van der Waals surface area contributed by atoms with Gasteiger partial charge in [-0.05, 0) is 44.6 Å². The number of alkyl halides is 3. The molecule has 1 aromatic carbocycles. The van der Waals surface area contributed by atoms with Gasteiger partial charge < -0.3 is 30.6 Å². The average Bonchev–Trinajstić information content (AvgIpc) is 3.61. The van der Waals surface area contributed by atoms with Crippen molar-refractivity contribution in [2.75, 3.05) is 45.1 Å². The highest BCUT2D eigenvalue weighted by Gasteiger charge is 2.31. The van der Waals surface area contributed by atoms with Crippen LogP contribution in [-0.2, 0) is 17.5 Å². The number of rotatable bonds is 10. The fourth-order valence-corrected chi connectivity index (χ4v) is 4.51. The first-order valence-corrected chi connectivity index (χ1v) is 13.1. The summed E-state index contributed by atoms with van der Waals surface area (Å²) in [5.41, 5.74) is 6.75. The number of benzene rings is 1. The Labute approximate surface area is 232 Å². The Kier molecular flexibility index (Phi) is 8.46. The molecule has 1 aliphatic heterocycles. The van der Waals surface area contributed by atoms with Crippen LogP contribution in [0.3, 0.4) is 0 Å². The molecule has 1 saturated heterocycles. The fraction of sp³-hybridized carbons (Fsp3) is 0.423. The molecule has 0 spiro atoms. The van der Waals surface area contributed by atoms with E-state index in [9.17, 15) is 18.0 Å². The number of hydrogen-bond acceptors (Lipinski definition) is 10. The first-order chi connectivity index (χ1) is 19.7. The van der Waals surface area contributed by atoms with Gasteiger partial charge in [-0.3, -0.25) is 9.69 Å². The van der Waals surface area contributed by atoms with Crippen LogP contribution in [-0.4, -0.2) is 75.3 Å². The zero-order chi connectivity index (χ0) is 29.0. The standard InChI is InChI=1S/C26H30F3N9O3/c1-15(21-12-20(37-41-21)24-35-18-4-3-16(26(27,28)29)11-19(18)36-24)34-25(39)22-17(23(30)33-14-32-22)13-31-5-2-6-38-7-9-40-10-8-38/h3-4,11-12,14-15,31H,2,5-10,13H2,1H3,(H,34,39)(H,35,36)(H2,30,32,33)/t15-/m1/s1. The van der Waals surface area contributed by atoms with Crippen molar-refractivity contribution in [1.82, 2.24) is 40.6 Å². The quantitative estimate of drug-likeness (QED) is 0.208. The second-order valence-electron chi connectivity index (χ2n) is 9.70. The number of carbonyl (C=O) groups is 1. The third-order valence-electron chi connectivity index (χ3n) is 6.78. The molecule has 1 fully saturated rings. The van der Waals surface area contributed by atoms with Crippen molar-refractivity contribution in [3.05, 3.63) is 53.2 Å². The van der Waals surface area contributed by atoms with Crippen molar-refractivity contribution in [3.63, 3.8) is 0 Å². The molecule has 3 aromatic heterocycles. The van der Waals surface area contributed by atoms with Crippen molar-refractivity contribution in [1.29, 1.82) is 0 Å². The van der Waals surface area contributed by atoms with Crippen molar-refractivity contribution in [2.24, 2.45) is 0 Å². The monoisotopic (exact) mass is 573 g/mol. The van der Waals surface area contributed by atoms with Gasteiger partial charge in [0.15, 0.2) is 11.6 Å². The molecule has 15 heteroatoms. The molecule has 4 aromatic rings. The Balaban J connectivity index is 1.20. The summed E-state index contributed by atoms with van der Waals surface area (Å²) in [6.07, 6.45) is -2.31.